The third-order valence-electron chi connectivity index (χ3n) is 9.49. The fourth-order valence-corrected chi connectivity index (χ4v) is 8.36. The molecule has 0 atom stereocenters. The number of fused-ring (bicyclic) bond motifs is 8. The van der Waals surface area contributed by atoms with Gasteiger partial charge in [0.1, 0.15) is 0 Å². The van der Waals surface area contributed by atoms with Crippen molar-refractivity contribution in [1.82, 2.24) is 15.0 Å². The van der Waals surface area contributed by atoms with Crippen molar-refractivity contribution in [2.45, 2.75) is 0 Å². The first-order valence-electron chi connectivity index (χ1n) is 16.4. The van der Waals surface area contributed by atoms with Crippen LogP contribution in [-0.4, -0.2) is 15.0 Å². The molecule has 0 aliphatic carbocycles. The lowest BCUT2D eigenvalue weighted by molar-refractivity contribution is 1.23. The number of benzene rings is 7. The van der Waals surface area contributed by atoms with Crippen LogP contribution in [-0.2, 0) is 0 Å². The molecule has 0 unspecified atom stereocenters. The van der Waals surface area contributed by atoms with Gasteiger partial charge in [-0.25, -0.2) is 15.0 Å². The Labute approximate surface area is 286 Å². The van der Waals surface area contributed by atoms with Crippen molar-refractivity contribution < 1.29 is 0 Å². The van der Waals surface area contributed by atoms with Crippen LogP contribution in [0.25, 0.3) is 97.8 Å². The first kappa shape index (κ1) is 27.8. The van der Waals surface area contributed by atoms with Crippen LogP contribution in [0.1, 0.15) is 0 Å². The van der Waals surface area contributed by atoms with Crippen molar-refractivity contribution in [3.8, 4) is 45.0 Å². The molecular formula is C45H27N3S. The summed E-state index contributed by atoms with van der Waals surface area (Å²) in [5.41, 5.74) is 9.32. The standard InChI is InChI=1S/C45H27N3S/c1-2-10-28(11-3-1)29-18-20-30(21-19-29)42-36-14-5-8-16-39(36)47-45(48-42)32-24-22-31(23-25-32)43-37-27-26-34-33-12-6-9-17-40(33)49-44(34)41(37)35-13-4-7-15-38(35)46-43/h1-27H. The minimum absolute atomic E-state index is 0.704. The second-order valence-corrected chi connectivity index (χ2v) is 13.4. The Kier molecular flexibility index (Phi) is 6.36. The number of hydrogen-bond donors (Lipinski definition) is 0. The van der Waals surface area contributed by atoms with Gasteiger partial charge in [-0.1, -0.05) is 146 Å². The third-order valence-corrected chi connectivity index (χ3v) is 10.7. The van der Waals surface area contributed by atoms with Crippen molar-refractivity contribution in [3.05, 3.63) is 164 Å². The molecule has 3 aromatic heterocycles. The van der Waals surface area contributed by atoms with Crippen LogP contribution < -0.4 is 0 Å². The summed E-state index contributed by atoms with van der Waals surface area (Å²) in [5, 5.41) is 7.25. The monoisotopic (exact) mass is 641 g/mol. The van der Waals surface area contributed by atoms with Crippen LogP contribution in [0.5, 0.6) is 0 Å². The molecule has 0 spiro atoms. The van der Waals surface area contributed by atoms with E-state index in [-0.39, 0.29) is 0 Å². The molecule has 3 heterocycles. The van der Waals surface area contributed by atoms with E-state index in [1.807, 2.05) is 23.5 Å². The van der Waals surface area contributed by atoms with Crippen LogP contribution in [0.15, 0.2) is 164 Å². The number of nitrogens with zero attached hydrogens (tertiary/aromatic N) is 3. The Balaban J connectivity index is 1.10. The molecule has 10 rings (SSSR count). The molecule has 0 bridgehead atoms. The zero-order valence-corrected chi connectivity index (χ0v) is 27.2. The van der Waals surface area contributed by atoms with Gasteiger partial charge in [0.05, 0.1) is 22.4 Å². The average molecular weight is 642 g/mol. The first-order chi connectivity index (χ1) is 24.3. The summed E-state index contributed by atoms with van der Waals surface area (Å²) in [4.78, 5) is 15.4. The maximum absolute atomic E-state index is 5.23. The first-order valence-corrected chi connectivity index (χ1v) is 17.3. The summed E-state index contributed by atoms with van der Waals surface area (Å²) in [6.07, 6.45) is 0. The molecule has 228 valence electrons. The van der Waals surface area contributed by atoms with Gasteiger partial charge in [0, 0.05) is 58.4 Å². The van der Waals surface area contributed by atoms with Crippen molar-refractivity contribution in [3.63, 3.8) is 0 Å². The third kappa shape index (κ3) is 4.61. The molecule has 7 aromatic carbocycles. The van der Waals surface area contributed by atoms with Gasteiger partial charge in [0.15, 0.2) is 5.82 Å². The number of para-hydroxylation sites is 2. The topological polar surface area (TPSA) is 38.7 Å². The van der Waals surface area contributed by atoms with Gasteiger partial charge in [-0.15, -0.1) is 11.3 Å². The highest BCUT2D eigenvalue weighted by Crippen LogP contribution is 2.43. The summed E-state index contributed by atoms with van der Waals surface area (Å²) >= 11 is 1.87. The molecule has 0 saturated carbocycles. The fourth-order valence-electron chi connectivity index (χ4n) is 7.09. The van der Waals surface area contributed by atoms with E-state index in [0.29, 0.717) is 5.82 Å². The molecule has 0 amide bonds. The Bertz CT molecular complexity index is 2860. The van der Waals surface area contributed by atoms with Crippen LogP contribution >= 0.6 is 11.3 Å². The van der Waals surface area contributed by atoms with E-state index in [1.165, 1.54) is 42.1 Å². The second kappa shape index (κ2) is 11.2. The van der Waals surface area contributed by atoms with E-state index < -0.39 is 0 Å². The Hall–Kier alpha value is -6.23. The zero-order valence-electron chi connectivity index (χ0n) is 26.3. The lowest BCUT2D eigenvalue weighted by atomic mass is 9.97. The fraction of sp³-hybridized carbons (Fsp3) is 0. The molecular weight excluding hydrogens is 615 g/mol. The van der Waals surface area contributed by atoms with Crippen molar-refractivity contribution >= 4 is 64.1 Å². The van der Waals surface area contributed by atoms with Crippen LogP contribution in [0, 0.1) is 0 Å². The Morgan fingerprint density at radius 2 is 0.857 bits per heavy atom. The number of thiophene rings is 1. The van der Waals surface area contributed by atoms with Gasteiger partial charge in [-0.3, -0.25) is 0 Å². The van der Waals surface area contributed by atoms with Gasteiger partial charge >= 0.3 is 0 Å². The van der Waals surface area contributed by atoms with Gasteiger partial charge in [-0.05, 0) is 29.3 Å². The minimum atomic E-state index is 0.704. The van der Waals surface area contributed by atoms with Gasteiger partial charge in [0.25, 0.3) is 0 Å². The molecule has 10 aromatic rings. The summed E-state index contributed by atoms with van der Waals surface area (Å²) in [6, 6.07) is 57.7. The molecule has 0 aliphatic heterocycles. The zero-order chi connectivity index (χ0) is 32.3. The lowest BCUT2D eigenvalue weighted by Crippen LogP contribution is -1.95. The van der Waals surface area contributed by atoms with Gasteiger partial charge in [-0.2, -0.15) is 0 Å². The molecule has 0 N–H and O–H groups in total. The molecule has 0 saturated heterocycles. The Morgan fingerprint density at radius 1 is 0.327 bits per heavy atom. The quantitative estimate of drug-likeness (QED) is 0.180. The predicted octanol–water partition coefficient (Wildman–Crippen LogP) is 12.4. The van der Waals surface area contributed by atoms with Crippen molar-refractivity contribution in [2.75, 3.05) is 0 Å². The van der Waals surface area contributed by atoms with E-state index in [9.17, 15) is 0 Å². The van der Waals surface area contributed by atoms with E-state index in [0.717, 1.165) is 49.9 Å². The molecule has 0 fully saturated rings. The Morgan fingerprint density at radius 3 is 1.61 bits per heavy atom. The maximum atomic E-state index is 5.23. The summed E-state index contributed by atoms with van der Waals surface area (Å²) in [6.45, 7) is 0. The maximum Gasteiger partial charge on any atom is 0.160 e. The number of hydrogen-bond acceptors (Lipinski definition) is 4. The van der Waals surface area contributed by atoms with Gasteiger partial charge < -0.3 is 0 Å². The highest BCUT2D eigenvalue weighted by molar-refractivity contribution is 7.26. The minimum Gasteiger partial charge on any atom is -0.247 e. The predicted molar refractivity (Wildman–Crippen MR) is 207 cm³/mol. The normalized spacial score (nSPS) is 11.7. The van der Waals surface area contributed by atoms with E-state index in [1.54, 1.807) is 0 Å². The smallest absolute Gasteiger partial charge is 0.160 e. The summed E-state index contributed by atoms with van der Waals surface area (Å²) < 4.78 is 2.61. The van der Waals surface area contributed by atoms with Crippen LogP contribution in [0.2, 0.25) is 0 Å². The second-order valence-electron chi connectivity index (χ2n) is 12.4. The molecule has 4 heteroatoms. The average Bonchev–Trinajstić information content (AvgIpc) is 3.56. The number of rotatable bonds is 4. The highest BCUT2D eigenvalue weighted by atomic mass is 32.1. The molecule has 3 nitrogen and oxygen atoms in total. The number of pyridine rings is 1. The molecule has 0 aliphatic rings. The van der Waals surface area contributed by atoms with Crippen molar-refractivity contribution in [2.24, 2.45) is 0 Å². The van der Waals surface area contributed by atoms with Crippen molar-refractivity contribution in [1.29, 1.82) is 0 Å². The highest BCUT2D eigenvalue weighted by Gasteiger charge is 2.17. The summed E-state index contributed by atoms with van der Waals surface area (Å²) in [5.74, 6) is 0.704. The van der Waals surface area contributed by atoms with Crippen LogP contribution in [0.3, 0.4) is 0 Å². The van der Waals surface area contributed by atoms with E-state index >= 15 is 0 Å². The summed E-state index contributed by atoms with van der Waals surface area (Å²) in [7, 11) is 0. The van der Waals surface area contributed by atoms with Crippen LogP contribution in [0.4, 0.5) is 0 Å². The SMILES string of the molecule is c1ccc(-c2ccc(-c3nc(-c4ccc(-c5nc6ccccc6c6c5ccc5c7ccccc7sc56)cc4)nc4ccccc34)cc2)cc1. The largest absolute Gasteiger partial charge is 0.247 e. The molecule has 0 radical (unpaired) electrons. The van der Waals surface area contributed by atoms with Gasteiger partial charge in [0.2, 0.25) is 0 Å². The van der Waals surface area contributed by atoms with E-state index in [2.05, 4.69) is 152 Å². The van der Waals surface area contributed by atoms with E-state index in [4.69, 9.17) is 15.0 Å². The number of aromatic nitrogens is 3. The lowest BCUT2D eigenvalue weighted by Gasteiger charge is -2.12. The molecule has 49 heavy (non-hydrogen) atoms.